The number of rotatable bonds is 6. The van der Waals surface area contributed by atoms with Gasteiger partial charge in [-0.1, -0.05) is 13.0 Å². The smallest absolute Gasteiger partial charge is 0.275 e. The predicted molar refractivity (Wildman–Crippen MR) is 116 cm³/mol. The standard InChI is InChI=1S/C22H29N5O4/c1-14-11-27(15(2)13-28)22(30)16-6-5-7-17(20(16)31-19(14)12-26(3)4)25-21(29)18-10-23-8-9-24-18/h5-10,14-15,19,28H,11-13H2,1-4H3,(H,25,29)/t14-,15-,19+/m0/s1. The Morgan fingerprint density at radius 3 is 2.81 bits per heavy atom. The monoisotopic (exact) mass is 427 g/mol. The largest absolute Gasteiger partial charge is 0.486 e. The number of benzene rings is 1. The first-order valence-corrected chi connectivity index (χ1v) is 10.2. The number of nitrogens with zero attached hydrogens (tertiary/aromatic N) is 4. The second-order valence-corrected chi connectivity index (χ2v) is 8.11. The summed E-state index contributed by atoms with van der Waals surface area (Å²) in [6.45, 7) is 4.77. The number of aromatic nitrogens is 2. The van der Waals surface area contributed by atoms with E-state index >= 15 is 0 Å². The maximum Gasteiger partial charge on any atom is 0.275 e. The lowest BCUT2D eigenvalue weighted by molar-refractivity contribution is 0.0365. The number of aliphatic hydroxyl groups is 1. The molecule has 166 valence electrons. The van der Waals surface area contributed by atoms with E-state index in [4.69, 9.17) is 4.74 Å². The number of amides is 2. The third-order valence-electron chi connectivity index (χ3n) is 5.28. The summed E-state index contributed by atoms with van der Waals surface area (Å²) in [7, 11) is 3.91. The first-order valence-electron chi connectivity index (χ1n) is 10.2. The maximum absolute atomic E-state index is 13.4. The zero-order chi connectivity index (χ0) is 22.5. The van der Waals surface area contributed by atoms with E-state index in [0.717, 1.165) is 0 Å². The molecule has 3 rings (SSSR count). The molecule has 1 aromatic heterocycles. The molecule has 9 heteroatoms. The highest BCUT2D eigenvalue weighted by molar-refractivity contribution is 6.06. The summed E-state index contributed by atoms with van der Waals surface area (Å²) in [5.74, 6) is -0.379. The van der Waals surface area contributed by atoms with E-state index in [2.05, 4.69) is 15.3 Å². The van der Waals surface area contributed by atoms with Gasteiger partial charge >= 0.3 is 0 Å². The van der Waals surface area contributed by atoms with Crippen molar-refractivity contribution in [2.24, 2.45) is 5.92 Å². The van der Waals surface area contributed by atoms with Gasteiger partial charge in [-0.2, -0.15) is 0 Å². The number of hydrogen-bond acceptors (Lipinski definition) is 7. The van der Waals surface area contributed by atoms with Crippen LogP contribution < -0.4 is 10.1 Å². The van der Waals surface area contributed by atoms with Gasteiger partial charge in [0.15, 0.2) is 5.75 Å². The second kappa shape index (κ2) is 9.84. The van der Waals surface area contributed by atoms with Gasteiger partial charge in [0.2, 0.25) is 0 Å². The van der Waals surface area contributed by atoms with E-state index in [1.54, 1.807) is 23.1 Å². The van der Waals surface area contributed by atoms with Crippen LogP contribution in [-0.2, 0) is 0 Å². The van der Waals surface area contributed by atoms with Crippen LogP contribution in [0.3, 0.4) is 0 Å². The number of nitrogens with one attached hydrogen (secondary N) is 1. The van der Waals surface area contributed by atoms with Crippen molar-refractivity contribution in [3.8, 4) is 5.75 Å². The molecule has 0 aliphatic carbocycles. The zero-order valence-corrected chi connectivity index (χ0v) is 18.3. The molecule has 2 aromatic rings. The molecule has 0 unspecified atom stereocenters. The highest BCUT2D eigenvalue weighted by Crippen LogP contribution is 2.35. The van der Waals surface area contributed by atoms with Crippen LogP contribution in [0.15, 0.2) is 36.8 Å². The van der Waals surface area contributed by atoms with Crippen LogP contribution in [-0.4, -0.2) is 82.6 Å². The average Bonchev–Trinajstić information content (AvgIpc) is 2.76. The molecule has 9 nitrogen and oxygen atoms in total. The van der Waals surface area contributed by atoms with Crippen molar-refractivity contribution in [3.05, 3.63) is 48.0 Å². The van der Waals surface area contributed by atoms with Crippen LogP contribution in [0.4, 0.5) is 5.69 Å². The fourth-order valence-electron chi connectivity index (χ4n) is 3.52. The lowest BCUT2D eigenvalue weighted by atomic mass is 9.99. The van der Waals surface area contributed by atoms with Crippen molar-refractivity contribution in [1.82, 2.24) is 19.8 Å². The number of carbonyl (C=O) groups is 2. The van der Waals surface area contributed by atoms with Gasteiger partial charge in [0.05, 0.1) is 30.1 Å². The molecule has 1 aromatic carbocycles. The van der Waals surface area contributed by atoms with Crippen LogP contribution in [0, 0.1) is 5.92 Å². The van der Waals surface area contributed by atoms with Crippen LogP contribution >= 0.6 is 0 Å². The van der Waals surface area contributed by atoms with Crippen molar-refractivity contribution < 1.29 is 19.4 Å². The van der Waals surface area contributed by atoms with Crippen molar-refractivity contribution in [1.29, 1.82) is 0 Å². The summed E-state index contributed by atoms with van der Waals surface area (Å²) in [5.41, 5.74) is 0.884. The fraction of sp³-hybridized carbons (Fsp3) is 0.455. The number of hydrogen-bond donors (Lipinski definition) is 2. The molecule has 1 aliphatic heterocycles. The highest BCUT2D eigenvalue weighted by atomic mass is 16.5. The van der Waals surface area contributed by atoms with Gasteiger partial charge in [-0.25, -0.2) is 4.98 Å². The Hall–Kier alpha value is -3.04. The quantitative estimate of drug-likeness (QED) is 0.719. The van der Waals surface area contributed by atoms with Crippen molar-refractivity contribution in [2.45, 2.75) is 26.0 Å². The first kappa shape index (κ1) is 22.6. The van der Waals surface area contributed by atoms with Crippen molar-refractivity contribution in [2.75, 3.05) is 39.1 Å². The SMILES string of the molecule is C[C@H]1CN([C@@H](C)CO)C(=O)c2cccc(NC(=O)c3cnccn3)c2O[C@@H]1CN(C)C. The molecule has 2 amide bonds. The normalized spacial score (nSPS) is 19.8. The van der Waals surface area contributed by atoms with Gasteiger partial charge in [-0.05, 0) is 33.2 Å². The number of ether oxygens (including phenoxy) is 1. The van der Waals surface area contributed by atoms with Crippen molar-refractivity contribution >= 4 is 17.5 Å². The third-order valence-corrected chi connectivity index (χ3v) is 5.28. The Morgan fingerprint density at radius 1 is 1.39 bits per heavy atom. The molecule has 0 bridgehead atoms. The Morgan fingerprint density at radius 2 is 2.16 bits per heavy atom. The second-order valence-electron chi connectivity index (χ2n) is 8.11. The van der Waals surface area contributed by atoms with Gasteiger partial charge in [-0.3, -0.25) is 14.6 Å². The molecule has 0 spiro atoms. The van der Waals surface area contributed by atoms with E-state index in [1.807, 2.05) is 32.8 Å². The summed E-state index contributed by atoms with van der Waals surface area (Å²) >= 11 is 0. The topological polar surface area (TPSA) is 108 Å². The summed E-state index contributed by atoms with van der Waals surface area (Å²) < 4.78 is 6.36. The lowest BCUT2D eigenvalue weighted by Gasteiger charge is -2.38. The molecule has 1 aliphatic rings. The molecular weight excluding hydrogens is 398 g/mol. The first-order chi connectivity index (χ1) is 14.8. The van der Waals surface area contributed by atoms with Crippen molar-refractivity contribution in [3.63, 3.8) is 0 Å². The van der Waals surface area contributed by atoms with E-state index in [1.165, 1.54) is 18.6 Å². The van der Waals surface area contributed by atoms with Gasteiger partial charge in [0.1, 0.15) is 11.8 Å². The third kappa shape index (κ3) is 5.18. The molecule has 2 heterocycles. The van der Waals surface area contributed by atoms with Gasteiger partial charge in [0.25, 0.3) is 11.8 Å². The lowest BCUT2D eigenvalue weighted by Crippen LogP contribution is -2.49. The molecule has 0 saturated heterocycles. The Kier molecular flexibility index (Phi) is 7.19. The van der Waals surface area contributed by atoms with Gasteiger partial charge in [-0.15, -0.1) is 0 Å². The van der Waals surface area contributed by atoms with E-state index in [-0.39, 0.29) is 36.3 Å². The summed E-state index contributed by atoms with van der Waals surface area (Å²) in [6, 6.07) is 4.72. The summed E-state index contributed by atoms with van der Waals surface area (Å²) in [6.07, 6.45) is 4.06. The van der Waals surface area contributed by atoms with Crippen LogP contribution in [0.5, 0.6) is 5.75 Å². The molecule has 3 atom stereocenters. The van der Waals surface area contributed by atoms with E-state index < -0.39 is 5.91 Å². The number of anilines is 1. The van der Waals surface area contributed by atoms with E-state index in [0.29, 0.717) is 30.1 Å². The van der Waals surface area contributed by atoms with Crippen LogP contribution in [0.25, 0.3) is 0 Å². The minimum absolute atomic E-state index is 0.00255. The Labute approximate surface area is 182 Å². The average molecular weight is 428 g/mol. The maximum atomic E-state index is 13.4. The number of para-hydroxylation sites is 1. The van der Waals surface area contributed by atoms with Gasteiger partial charge < -0.3 is 25.0 Å². The van der Waals surface area contributed by atoms with E-state index in [9.17, 15) is 14.7 Å². The number of aliphatic hydroxyl groups excluding tert-OH is 1. The number of likely N-dealkylation sites (N-methyl/N-ethyl adjacent to an activating group) is 1. The number of carbonyl (C=O) groups excluding carboxylic acids is 2. The molecule has 31 heavy (non-hydrogen) atoms. The van der Waals surface area contributed by atoms with Crippen LogP contribution in [0.2, 0.25) is 0 Å². The molecule has 0 saturated carbocycles. The summed E-state index contributed by atoms with van der Waals surface area (Å²) in [5, 5.41) is 12.5. The summed E-state index contributed by atoms with van der Waals surface area (Å²) in [4.78, 5) is 37.7. The Bertz CT molecular complexity index is 921. The zero-order valence-electron chi connectivity index (χ0n) is 18.3. The number of fused-ring (bicyclic) bond motifs is 1. The minimum Gasteiger partial charge on any atom is -0.486 e. The molecule has 0 radical (unpaired) electrons. The molecule has 0 fully saturated rings. The molecular formula is C22H29N5O4. The predicted octanol–water partition coefficient (Wildman–Crippen LogP) is 1.51. The Balaban J connectivity index is 2.04. The van der Waals surface area contributed by atoms with Crippen LogP contribution in [0.1, 0.15) is 34.7 Å². The minimum atomic E-state index is -0.447. The molecule has 2 N–H and O–H groups in total. The van der Waals surface area contributed by atoms with Gasteiger partial charge in [0, 0.05) is 31.4 Å². The highest BCUT2D eigenvalue weighted by Gasteiger charge is 2.34. The fourth-order valence-corrected chi connectivity index (χ4v) is 3.52.